The van der Waals surface area contributed by atoms with Gasteiger partial charge in [-0.25, -0.2) is 9.18 Å². The van der Waals surface area contributed by atoms with Gasteiger partial charge < -0.3 is 30.1 Å². The Morgan fingerprint density at radius 2 is 1.94 bits per heavy atom. The van der Waals surface area contributed by atoms with Crippen molar-refractivity contribution in [1.29, 1.82) is 0 Å². The number of ether oxygens (including phenoxy) is 2. The molecule has 2 aromatic rings. The van der Waals surface area contributed by atoms with E-state index in [4.69, 9.17) is 14.6 Å². The van der Waals surface area contributed by atoms with Crippen molar-refractivity contribution in [2.75, 3.05) is 40.0 Å². The molecule has 0 aromatic heterocycles. The van der Waals surface area contributed by atoms with Gasteiger partial charge in [0.1, 0.15) is 18.5 Å². The zero-order valence-corrected chi connectivity index (χ0v) is 19.3. The molecule has 0 radical (unpaired) electrons. The number of rotatable bonds is 7. The molecule has 0 aliphatic carbocycles. The van der Waals surface area contributed by atoms with Gasteiger partial charge in [0.05, 0.1) is 30.7 Å². The second-order valence-corrected chi connectivity index (χ2v) is 8.49. The quantitative estimate of drug-likeness (QED) is 0.555. The van der Waals surface area contributed by atoms with E-state index in [1.54, 1.807) is 6.07 Å². The van der Waals surface area contributed by atoms with Gasteiger partial charge in [0.2, 0.25) is 0 Å². The number of morpholine rings is 1. The monoisotopic (exact) mass is 485 g/mol. The van der Waals surface area contributed by atoms with Crippen LogP contribution in [0.25, 0.3) is 0 Å². The molecule has 0 saturated carbocycles. The fraction of sp³-hybridized carbons (Fsp3) is 0.400. The van der Waals surface area contributed by atoms with Crippen molar-refractivity contribution in [2.24, 2.45) is 0 Å². The summed E-state index contributed by atoms with van der Waals surface area (Å²) in [4.78, 5) is 38.1. The van der Waals surface area contributed by atoms with Crippen molar-refractivity contribution in [3.63, 3.8) is 0 Å². The summed E-state index contributed by atoms with van der Waals surface area (Å²) in [5.41, 5.74) is 1.83. The highest BCUT2D eigenvalue weighted by Gasteiger charge is 2.39. The minimum Gasteiger partial charge on any atom is -0.486 e. The first-order chi connectivity index (χ1) is 16.9. The number of amides is 3. The summed E-state index contributed by atoms with van der Waals surface area (Å²) in [6.45, 7) is 0.375. The van der Waals surface area contributed by atoms with Gasteiger partial charge in [0.15, 0.2) is 0 Å². The van der Waals surface area contributed by atoms with Gasteiger partial charge >= 0.3 is 6.09 Å². The van der Waals surface area contributed by atoms with Crippen molar-refractivity contribution in [3.8, 4) is 5.75 Å². The van der Waals surface area contributed by atoms with Crippen LogP contribution in [0.3, 0.4) is 0 Å². The third kappa shape index (κ3) is 5.22. The van der Waals surface area contributed by atoms with Crippen LogP contribution < -0.4 is 15.4 Å². The maximum Gasteiger partial charge on any atom is 0.407 e. The molecular formula is C25H28FN3O6. The molecule has 2 aromatic carbocycles. The molecule has 1 fully saturated rings. The minimum absolute atomic E-state index is 0.166. The lowest BCUT2D eigenvalue weighted by Gasteiger charge is -2.31. The number of benzene rings is 2. The van der Waals surface area contributed by atoms with Crippen LogP contribution in [0.1, 0.15) is 44.2 Å². The summed E-state index contributed by atoms with van der Waals surface area (Å²) in [6.07, 6.45) is -1.69. The number of hydrogen-bond donors (Lipinski definition) is 3. The smallest absolute Gasteiger partial charge is 0.407 e. The van der Waals surface area contributed by atoms with Crippen molar-refractivity contribution in [1.82, 2.24) is 15.5 Å². The zero-order chi connectivity index (χ0) is 24.9. The first-order valence-corrected chi connectivity index (χ1v) is 11.5. The number of nitrogens with zero attached hydrogens (tertiary/aromatic N) is 1. The first kappa shape index (κ1) is 24.5. The van der Waals surface area contributed by atoms with Crippen molar-refractivity contribution in [2.45, 2.75) is 24.5 Å². The lowest BCUT2D eigenvalue weighted by molar-refractivity contribution is -0.0247. The standard InChI is InChI=1S/C25H28FN3O6/c1-27-24(31)19-12-16(23(30)28-8-7-17-14-29(25(32)33)9-10-34-17)11-18-21(15-5-3-2-4-6-15)20(13-26)35-22(18)19/h2-6,11-12,17,20-21H,7-10,13-14H2,1H3,(H,27,31)(H,28,30)(H,32,33). The van der Waals surface area contributed by atoms with E-state index < -0.39 is 36.6 Å². The summed E-state index contributed by atoms with van der Waals surface area (Å²) in [5, 5.41) is 14.5. The van der Waals surface area contributed by atoms with Crippen LogP contribution in [0.15, 0.2) is 42.5 Å². The van der Waals surface area contributed by atoms with Gasteiger partial charge in [0, 0.05) is 31.3 Å². The van der Waals surface area contributed by atoms with Gasteiger partial charge in [-0.1, -0.05) is 30.3 Å². The summed E-state index contributed by atoms with van der Waals surface area (Å²) in [7, 11) is 1.47. The molecule has 0 spiro atoms. The molecule has 1 saturated heterocycles. The van der Waals surface area contributed by atoms with Gasteiger partial charge in [-0.3, -0.25) is 9.59 Å². The third-order valence-corrected chi connectivity index (χ3v) is 6.30. The lowest BCUT2D eigenvalue weighted by atomic mass is 9.86. The van der Waals surface area contributed by atoms with Gasteiger partial charge in [0.25, 0.3) is 11.8 Å². The molecule has 4 rings (SSSR count). The Hall–Kier alpha value is -3.66. The SMILES string of the molecule is CNC(=O)c1cc(C(=O)NCCC2CN(C(=O)O)CCO2)cc2c1OC(CF)C2c1ccccc1. The Kier molecular flexibility index (Phi) is 7.50. The highest BCUT2D eigenvalue weighted by atomic mass is 19.1. The van der Waals surface area contributed by atoms with Crippen LogP contribution in [0.5, 0.6) is 5.75 Å². The number of halogens is 1. The predicted octanol–water partition coefficient (Wildman–Crippen LogP) is 2.41. The van der Waals surface area contributed by atoms with E-state index in [1.165, 1.54) is 18.0 Å². The summed E-state index contributed by atoms with van der Waals surface area (Å²) < 4.78 is 25.4. The molecule has 10 heteroatoms. The molecule has 2 aliphatic rings. The Morgan fingerprint density at radius 3 is 2.63 bits per heavy atom. The molecule has 2 heterocycles. The summed E-state index contributed by atoms with van der Waals surface area (Å²) >= 11 is 0. The average molecular weight is 486 g/mol. The third-order valence-electron chi connectivity index (χ3n) is 6.30. The molecule has 9 nitrogen and oxygen atoms in total. The topological polar surface area (TPSA) is 117 Å². The van der Waals surface area contributed by atoms with Crippen LogP contribution in [0.4, 0.5) is 9.18 Å². The molecule has 3 atom stereocenters. The van der Waals surface area contributed by atoms with Crippen LogP contribution in [0.2, 0.25) is 0 Å². The van der Waals surface area contributed by atoms with Gasteiger partial charge in [-0.2, -0.15) is 0 Å². The molecule has 3 N–H and O–H groups in total. The average Bonchev–Trinajstić information content (AvgIpc) is 3.27. The maximum atomic E-state index is 13.9. The number of fused-ring (bicyclic) bond motifs is 1. The fourth-order valence-corrected chi connectivity index (χ4v) is 4.56. The number of nitrogens with one attached hydrogen (secondary N) is 2. The van der Waals surface area contributed by atoms with E-state index in [9.17, 15) is 18.8 Å². The molecule has 2 aliphatic heterocycles. The van der Waals surface area contributed by atoms with Crippen LogP contribution in [0, 0.1) is 0 Å². The zero-order valence-electron chi connectivity index (χ0n) is 19.3. The van der Waals surface area contributed by atoms with Crippen molar-refractivity contribution in [3.05, 3.63) is 64.7 Å². The highest BCUT2D eigenvalue weighted by Crippen LogP contribution is 2.45. The Labute approximate surface area is 202 Å². The highest BCUT2D eigenvalue weighted by molar-refractivity contribution is 6.02. The second-order valence-electron chi connectivity index (χ2n) is 8.49. The number of carboxylic acid groups (broad SMARTS) is 1. The van der Waals surface area contributed by atoms with E-state index >= 15 is 0 Å². The molecule has 0 bridgehead atoms. The number of hydrogen-bond acceptors (Lipinski definition) is 5. The molecule has 35 heavy (non-hydrogen) atoms. The predicted molar refractivity (Wildman–Crippen MR) is 125 cm³/mol. The van der Waals surface area contributed by atoms with Crippen molar-refractivity contribution < 1.29 is 33.4 Å². The lowest BCUT2D eigenvalue weighted by Crippen LogP contribution is -2.46. The molecular weight excluding hydrogens is 457 g/mol. The van der Waals surface area contributed by atoms with E-state index in [0.717, 1.165) is 5.56 Å². The normalized spacial score (nSPS) is 21.1. The van der Waals surface area contributed by atoms with E-state index in [-0.39, 0.29) is 36.1 Å². The Morgan fingerprint density at radius 1 is 1.17 bits per heavy atom. The van der Waals surface area contributed by atoms with Gasteiger partial charge in [-0.05, 0) is 24.1 Å². The minimum atomic E-state index is -0.996. The number of alkyl halides is 1. The summed E-state index contributed by atoms with van der Waals surface area (Å²) in [5.74, 6) is -1.03. The molecule has 186 valence electrons. The van der Waals surface area contributed by atoms with Crippen molar-refractivity contribution >= 4 is 17.9 Å². The number of carbonyl (C=O) groups is 3. The van der Waals surface area contributed by atoms with Crippen LogP contribution in [-0.4, -0.2) is 80.1 Å². The first-order valence-electron chi connectivity index (χ1n) is 11.5. The number of carbonyl (C=O) groups excluding carboxylic acids is 2. The second kappa shape index (κ2) is 10.7. The largest absolute Gasteiger partial charge is 0.486 e. The van der Waals surface area contributed by atoms with E-state index in [2.05, 4.69) is 10.6 Å². The molecule has 3 unspecified atom stereocenters. The van der Waals surface area contributed by atoms with Crippen LogP contribution in [-0.2, 0) is 4.74 Å². The van der Waals surface area contributed by atoms with E-state index in [1.807, 2.05) is 30.3 Å². The fourth-order valence-electron chi connectivity index (χ4n) is 4.56. The van der Waals surface area contributed by atoms with E-state index in [0.29, 0.717) is 25.1 Å². The Balaban J connectivity index is 1.55. The van der Waals surface area contributed by atoms with Crippen LogP contribution >= 0.6 is 0 Å². The van der Waals surface area contributed by atoms with Gasteiger partial charge in [-0.15, -0.1) is 0 Å². The molecule has 3 amide bonds. The Bertz CT molecular complexity index is 1100. The maximum absolute atomic E-state index is 13.9. The summed E-state index contributed by atoms with van der Waals surface area (Å²) in [6, 6.07) is 12.4.